The van der Waals surface area contributed by atoms with E-state index < -0.39 is 0 Å². The highest BCUT2D eigenvalue weighted by Gasteiger charge is 2.43. The van der Waals surface area contributed by atoms with Crippen LogP contribution in [0.5, 0.6) is 0 Å². The first-order chi connectivity index (χ1) is 8.08. The van der Waals surface area contributed by atoms with Crippen molar-refractivity contribution in [1.82, 2.24) is 10.2 Å². The molecule has 0 radical (unpaired) electrons. The molecule has 17 heavy (non-hydrogen) atoms. The summed E-state index contributed by atoms with van der Waals surface area (Å²) < 4.78 is 0. The second-order valence-electron chi connectivity index (χ2n) is 6.80. The molecule has 0 bridgehead atoms. The topological polar surface area (TPSA) is 15.3 Å². The molecule has 1 heterocycles. The summed E-state index contributed by atoms with van der Waals surface area (Å²) in [6.45, 7) is 10.8. The van der Waals surface area contributed by atoms with Crippen molar-refractivity contribution in [3.8, 4) is 0 Å². The summed E-state index contributed by atoms with van der Waals surface area (Å²) in [4.78, 5) is 2.83. The number of hydrogen-bond acceptors (Lipinski definition) is 2. The summed E-state index contributed by atoms with van der Waals surface area (Å²) in [6, 6.07) is 0. The number of nitrogens with one attached hydrogen (secondary N) is 1. The highest BCUT2D eigenvalue weighted by Crippen LogP contribution is 2.37. The first kappa shape index (κ1) is 13.4. The molecule has 1 aliphatic heterocycles. The van der Waals surface area contributed by atoms with Gasteiger partial charge < -0.3 is 5.32 Å². The number of rotatable bonds is 3. The lowest BCUT2D eigenvalue weighted by Crippen LogP contribution is -2.68. The maximum absolute atomic E-state index is 3.78. The fourth-order valence-corrected chi connectivity index (χ4v) is 3.58. The van der Waals surface area contributed by atoms with Crippen molar-refractivity contribution < 1.29 is 0 Å². The van der Waals surface area contributed by atoms with Gasteiger partial charge in [0, 0.05) is 24.2 Å². The molecule has 1 N–H and O–H groups in total. The molecule has 2 fully saturated rings. The minimum atomic E-state index is 0.302. The standard InChI is InChI=1S/C15H30N2/c1-4-5-11-17-13-14(2,3)16-12-15(17)9-7-6-8-10-15/h16H,4-13H2,1-3H3. The summed E-state index contributed by atoms with van der Waals surface area (Å²) in [5.41, 5.74) is 0.805. The van der Waals surface area contributed by atoms with Gasteiger partial charge in [-0.2, -0.15) is 0 Å². The zero-order valence-corrected chi connectivity index (χ0v) is 12.0. The van der Waals surface area contributed by atoms with Gasteiger partial charge in [0.15, 0.2) is 0 Å². The Bertz CT molecular complexity index is 241. The van der Waals surface area contributed by atoms with Gasteiger partial charge in [-0.25, -0.2) is 0 Å². The maximum Gasteiger partial charge on any atom is 0.0334 e. The average Bonchev–Trinajstić information content (AvgIpc) is 2.32. The fraction of sp³-hybridized carbons (Fsp3) is 1.00. The lowest BCUT2D eigenvalue weighted by atomic mass is 9.77. The third-order valence-corrected chi connectivity index (χ3v) is 4.72. The Hall–Kier alpha value is -0.0800. The van der Waals surface area contributed by atoms with Crippen molar-refractivity contribution in [2.24, 2.45) is 0 Å². The van der Waals surface area contributed by atoms with Gasteiger partial charge >= 0.3 is 0 Å². The van der Waals surface area contributed by atoms with E-state index in [1.165, 1.54) is 64.6 Å². The number of piperazine rings is 1. The van der Waals surface area contributed by atoms with E-state index >= 15 is 0 Å². The van der Waals surface area contributed by atoms with Crippen molar-refractivity contribution in [2.75, 3.05) is 19.6 Å². The van der Waals surface area contributed by atoms with Gasteiger partial charge in [-0.15, -0.1) is 0 Å². The van der Waals surface area contributed by atoms with Gasteiger partial charge in [-0.05, 0) is 39.7 Å². The third-order valence-electron chi connectivity index (χ3n) is 4.72. The summed E-state index contributed by atoms with van der Waals surface area (Å²) in [5, 5.41) is 3.78. The van der Waals surface area contributed by atoms with Crippen molar-refractivity contribution in [1.29, 1.82) is 0 Å². The largest absolute Gasteiger partial charge is 0.309 e. The molecule has 0 aromatic heterocycles. The van der Waals surface area contributed by atoms with E-state index in [9.17, 15) is 0 Å². The van der Waals surface area contributed by atoms with E-state index in [0.29, 0.717) is 11.1 Å². The molecule has 2 rings (SSSR count). The van der Waals surface area contributed by atoms with E-state index in [-0.39, 0.29) is 0 Å². The summed E-state index contributed by atoms with van der Waals surface area (Å²) in [6.07, 6.45) is 9.83. The van der Waals surface area contributed by atoms with Crippen LogP contribution in [0.15, 0.2) is 0 Å². The molecule has 0 amide bonds. The van der Waals surface area contributed by atoms with Gasteiger partial charge in [0.2, 0.25) is 0 Å². The van der Waals surface area contributed by atoms with Crippen LogP contribution in [0.2, 0.25) is 0 Å². The first-order valence-corrected chi connectivity index (χ1v) is 7.58. The Labute approximate surface area is 107 Å². The van der Waals surface area contributed by atoms with Crippen molar-refractivity contribution in [2.45, 2.75) is 76.8 Å². The highest BCUT2D eigenvalue weighted by atomic mass is 15.3. The molecule has 1 saturated carbocycles. The molecule has 1 spiro atoms. The van der Waals surface area contributed by atoms with Crippen molar-refractivity contribution >= 4 is 0 Å². The van der Waals surface area contributed by atoms with Gasteiger partial charge in [-0.1, -0.05) is 32.6 Å². The average molecular weight is 238 g/mol. The summed E-state index contributed by atoms with van der Waals surface area (Å²) in [7, 11) is 0. The minimum absolute atomic E-state index is 0.302. The van der Waals surface area contributed by atoms with Crippen LogP contribution in [0.25, 0.3) is 0 Å². The lowest BCUT2D eigenvalue weighted by molar-refractivity contribution is -0.0106. The number of unbranched alkanes of at least 4 members (excludes halogenated alkanes) is 1. The molecule has 1 aliphatic carbocycles. The highest BCUT2D eigenvalue weighted by molar-refractivity contribution is 5.03. The van der Waals surface area contributed by atoms with Crippen LogP contribution in [0.4, 0.5) is 0 Å². The van der Waals surface area contributed by atoms with Crippen molar-refractivity contribution in [3.05, 3.63) is 0 Å². The van der Waals surface area contributed by atoms with E-state index in [4.69, 9.17) is 0 Å². The van der Waals surface area contributed by atoms with Gasteiger partial charge in [0.05, 0.1) is 0 Å². The van der Waals surface area contributed by atoms with Crippen LogP contribution in [-0.2, 0) is 0 Å². The second-order valence-corrected chi connectivity index (χ2v) is 6.80. The van der Waals surface area contributed by atoms with Crippen LogP contribution >= 0.6 is 0 Å². The maximum atomic E-state index is 3.78. The molecular weight excluding hydrogens is 208 g/mol. The van der Waals surface area contributed by atoms with Crippen LogP contribution in [-0.4, -0.2) is 35.6 Å². The van der Waals surface area contributed by atoms with Crippen LogP contribution in [0.1, 0.15) is 65.7 Å². The SMILES string of the molecule is CCCCN1CC(C)(C)NCC12CCCCC2. The Morgan fingerprint density at radius 3 is 2.47 bits per heavy atom. The molecule has 2 nitrogen and oxygen atoms in total. The van der Waals surface area contributed by atoms with Gasteiger partial charge in [-0.3, -0.25) is 4.90 Å². The zero-order chi connectivity index (χ0) is 12.4. The summed E-state index contributed by atoms with van der Waals surface area (Å²) in [5.74, 6) is 0. The predicted octanol–water partition coefficient (Wildman–Crippen LogP) is 3.17. The molecule has 0 aromatic carbocycles. The molecule has 2 heteroatoms. The second kappa shape index (κ2) is 5.27. The number of hydrogen-bond donors (Lipinski definition) is 1. The van der Waals surface area contributed by atoms with E-state index in [1.807, 2.05) is 0 Å². The molecular formula is C15H30N2. The normalized spacial score (nSPS) is 28.4. The molecule has 1 saturated heterocycles. The fourth-order valence-electron chi connectivity index (χ4n) is 3.58. The smallest absolute Gasteiger partial charge is 0.0334 e. The van der Waals surface area contributed by atoms with E-state index in [0.717, 1.165) is 0 Å². The Morgan fingerprint density at radius 2 is 1.82 bits per heavy atom. The molecule has 100 valence electrons. The van der Waals surface area contributed by atoms with Crippen LogP contribution in [0.3, 0.4) is 0 Å². The third kappa shape index (κ3) is 3.03. The summed E-state index contributed by atoms with van der Waals surface area (Å²) >= 11 is 0. The quantitative estimate of drug-likeness (QED) is 0.812. The molecule has 2 aliphatic rings. The van der Waals surface area contributed by atoms with Crippen LogP contribution in [0, 0.1) is 0 Å². The monoisotopic (exact) mass is 238 g/mol. The number of nitrogens with zero attached hydrogens (tertiary/aromatic N) is 1. The molecule has 0 unspecified atom stereocenters. The Kier molecular flexibility index (Phi) is 4.14. The molecule has 0 atom stereocenters. The van der Waals surface area contributed by atoms with E-state index in [2.05, 4.69) is 31.0 Å². The lowest BCUT2D eigenvalue weighted by Gasteiger charge is -2.54. The Balaban J connectivity index is 2.06. The van der Waals surface area contributed by atoms with Gasteiger partial charge in [0.1, 0.15) is 0 Å². The zero-order valence-electron chi connectivity index (χ0n) is 12.0. The van der Waals surface area contributed by atoms with Crippen molar-refractivity contribution in [3.63, 3.8) is 0 Å². The van der Waals surface area contributed by atoms with E-state index in [1.54, 1.807) is 0 Å². The predicted molar refractivity (Wildman–Crippen MR) is 74.4 cm³/mol. The van der Waals surface area contributed by atoms with Crippen LogP contribution < -0.4 is 5.32 Å². The first-order valence-electron chi connectivity index (χ1n) is 7.58. The molecule has 0 aromatic rings. The van der Waals surface area contributed by atoms with Gasteiger partial charge in [0.25, 0.3) is 0 Å². The minimum Gasteiger partial charge on any atom is -0.309 e. The Morgan fingerprint density at radius 1 is 1.12 bits per heavy atom.